The maximum Gasteiger partial charge on any atom is 0.0997 e. The second kappa shape index (κ2) is 5.63. The van der Waals surface area contributed by atoms with Gasteiger partial charge in [0.2, 0.25) is 0 Å². The zero-order valence-electron chi connectivity index (χ0n) is 11.2. The van der Waals surface area contributed by atoms with Gasteiger partial charge in [0.15, 0.2) is 0 Å². The van der Waals surface area contributed by atoms with Gasteiger partial charge in [-0.3, -0.25) is 0 Å². The summed E-state index contributed by atoms with van der Waals surface area (Å²) in [5.41, 5.74) is 2.49. The second-order valence-electron chi connectivity index (χ2n) is 5.53. The zero-order chi connectivity index (χ0) is 12.3. The monoisotopic (exact) mass is 236 g/mol. The summed E-state index contributed by atoms with van der Waals surface area (Å²) in [4.78, 5) is 0. The van der Waals surface area contributed by atoms with Gasteiger partial charge in [-0.25, -0.2) is 4.68 Å². The maximum atomic E-state index is 4.32. The van der Waals surface area contributed by atoms with Crippen LogP contribution in [0.3, 0.4) is 0 Å². The lowest BCUT2D eigenvalue weighted by Gasteiger charge is -2.18. The fraction of sp³-hybridized carbons (Fsp3) is 0.846. The summed E-state index contributed by atoms with van der Waals surface area (Å²) in [6, 6.07) is 0.489. The highest BCUT2D eigenvalue weighted by atomic mass is 15.4. The van der Waals surface area contributed by atoms with E-state index in [2.05, 4.69) is 41.1 Å². The van der Waals surface area contributed by atoms with Crippen LogP contribution in [0.5, 0.6) is 0 Å². The molecule has 1 aromatic rings. The van der Waals surface area contributed by atoms with Crippen molar-refractivity contribution in [2.75, 3.05) is 6.54 Å². The molecule has 1 unspecified atom stereocenters. The van der Waals surface area contributed by atoms with E-state index in [-0.39, 0.29) is 0 Å². The van der Waals surface area contributed by atoms with Gasteiger partial charge in [0.05, 0.1) is 17.4 Å². The first kappa shape index (κ1) is 12.6. The topological polar surface area (TPSA) is 42.7 Å². The van der Waals surface area contributed by atoms with Crippen molar-refractivity contribution >= 4 is 0 Å². The van der Waals surface area contributed by atoms with Crippen molar-refractivity contribution in [1.82, 2.24) is 20.3 Å². The summed E-state index contributed by atoms with van der Waals surface area (Å²) in [5, 5.41) is 11.9. The Morgan fingerprint density at radius 1 is 1.29 bits per heavy atom. The van der Waals surface area contributed by atoms with Crippen molar-refractivity contribution in [2.45, 2.75) is 59.0 Å². The van der Waals surface area contributed by atoms with E-state index >= 15 is 0 Å². The van der Waals surface area contributed by atoms with E-state index in [0.717, 1.165) is 31.1 Å². The van der Waals surface area contributed by atoms with E-state index in [1.165, 1.54) is 25.0 Å². The third-order valence-electron chi connectivity index (χ3n) is 3.52. The van der Waals surface area contributed by atoms with Gasteiger partial charge < -0.3 is 5.32 Å². The Kier molecular flexibility index (Phi) is 4.15. The minimum atomic E-state index is 0.489. The van der Waals surface area contributed by atoms with E-state index < -0.39 is 0 Å². The number of aromatic nitrogens is 3. The van der Waals surface area contributed by atoms with Gasteiger partial charge in [-0.15, -0.1) is 5.10 Å². The van der Waals surface area contributed by atoms with Crippen LogP contribution in [-0.4, -0.2) is 21.5 Å². The molecule has 1 N–H and O–H groups in total. The molecule has 0 amide bonds. The average Bonchev–Trinajstić information content (AvgIpc) is 2.72. The number of fused-ring (bicyclic) bond motifs is 1. The minimum Gasteiger partial charge on any atom is -0.311 e. The fourth-order valence-corrected chi connectivity index (χ4v) is 2.45. The lowest BCUT2D eigenvalue weighted by Crippen LogP contribution is -2.25. The van der Waals surface area contributed by atoms with E-state index in [1.807, 2.05) is 0 Å². The standard InChI is InChI=1S/C13H24N4/c1-10(2)5-4-6-11(3)17-13-7-8-14-9-12(13)15-16-17/h10-11,14H,4-9H2,1-3H3. The molecule has 0 aromatic carbocycles. The molecule has 0 aliphatic carbocycles. The van der Waals surface area contributed by atoms with E-state index in [9.17, 15) is 0 Å². The summed E-state index contributed by atoms with van der Waals surface area (Å²) >= 11 is 0. The van der Waals surface area contributed by atoms with Gasteiger partial charge in [-0.1, -0.05) is 31.9 Å². The van der Waals surface area contributed by atoms with Crippen molar-refractivity contribution in [3.63, 3.8) is 0 Å². The molecular weight excluding hydrogens is 212 g/mol. The molecule has 0 saturated carbocycles. The molecule has 0 bridgehead atoms. The molecule has 4 nitrogen and oxygen atoms in total. The van der Waals surface area contributed by atoms with Crippen LogP contribution in [0.1, 0.15) is 57.5 Å². The van der Waals surface area contributed by atoms with Crippen LogP contribution in [0.2, 0.25) is 0 Å². The Bertz CT molecular complexity index is 356. The maximum absolute atomic E-state index is 4.32. The van der Waals surface area contributed by atoms with Crippen LogP contribution in [-0.2, 0) is 13.0 Å². The molecule has 0 spiro atoms. The summed E-state index contributed by atoms with van der Waals surface area (Å²) < 4.78 is 2.15. The van der Waals surface area contributed by atoms with Crippen LogP contribution >= 0.6 is 0 Å². The Morgan fingerprint density at radius 3 is 2.88 bits per heavy atom. The Morgan fingerprint density at radius 2 is 2.12 bits per heavy atom. The van der Waals surface area contributed by atoms with Crippen molar-refractivity contribution in [3.8, 4) is 0 Å². The Balaban J connectivity index is 1.94. The predicted molar refractivity (Wildman–Crippen MR) is 68.8 cm³/mol. The van der Waals surface area contributed by atoms with Crippen molar-refractivity contribution < 1.29 is 0 Å². The van der Waals surface area contributed by atoms with Gasteiger partial charge in [-0.05, 0) is 19.3 Å². The summed E-state index contributed by atoms with van der Waals surface area (Å²) in [5.74, 6) is 0.802. The molecule has 1 aliphatic rings. The smallest absolute Gasteiger partial charge is 0.0997 e. The molecule has 1 atom stereocenters. The number of hydrogen-bond donors (Lipinski definition) is 1. The average molecular weight is 236 g/mol. The van der Waals surface area contributed by atoms with E-state index in [4.69, 9.17) is 0 Å². The predicted octanol–water partition coefficient (Wildman–Crippen LogP) is 2.31. The van der Waals surface area contributed by atoms with Crippen molar-refractivity contribution in [1.29, 1.82) is 0 Å². The van der Waals surface area contributed by atoms with Crippen LogP contribution < -0.4 is 5.32 Å². The van der Waals surface area contributed by atoms with E-state index in [0.29, 0.717) is 6.04 Å². The number of hydrogen-bond acceptors (Lipinski definition) is 3. The molecule has 2 rings (SSSR count). The molecule has 0 fully saturated rings. The first-order valence-corrected chi connectivity index (χ1v) is 6.82. The lowest BCUT2D eigenvalue weighted by molar-refractivity contribution is 0.399. The first-order valence-electron chi connectivity index (χ1n) is 6.82. The third-order valence-corrected chi connectivity index (χ3v) is 3.52. The molecule has 0 saturated heterocycles. The van der Waals surface area contributed by atoms with Gasteiger partial charge in [0.1, 0.15) is 0 Å². The highest BCUT2D eigenvalue weighted by Crippen LogP contribution is 2.20. The number of nitrogens with one attached hydrogen (secondary N) is 1. The Hall–Kier alpha value is -0.900. The highest BCUT2D eigenvalue weighted by molar-refractivity contribution is 5.13. The Labute approximate surface area is 104 Å². The SMILES string of the molecule is CC(C)CCCC(C)n1nnc2c1CCNC2. The van der Waals surface area contributed by atoms with Gasteiger partial charge in [-0.2, -0.15) is 0 Å². The van der Waals surface area contributed by atoms with Gasteiger partial charge >= 0.3 is 0 Å². The quantitative estimate of drug-likeness (QED) is 0.853. The molecule has 4 heteroatoms. The van der Waals surface area contributed by atoms with E-state index in [1.54, 1.807) is 0 Å². The van der Waals surface area contributed by atoms with Crippen LogP contribution in [0, 0.1) is 5.92 Å². The lowest BCUT2D eigenvalue weighted by atomic mass is 10.0. The second-order valence-corrected chi connectivity index (χ2v) is 5.53. The van der Waals surface area contributed by atoms with Crippen LogP contribution in [0.15, 0.2) is 0 Å². The van der Waals surface area contributed by atoms with Gasteiger partial charge in [0, 0.05) is 19.5 Å². The van der Waals surface area contributed by atoms with Crippen LogP contribution in [0.25, 0.3) is 0 Å². The molecule has 17 heavy (non-hydrogen) atoms. The van der Waals surface area contributed by atoms with Crippen molar-refractivity contribution in [2.24, 2.45) is 5.92 Å². The summed E-state index contributed by atoms with van der Waals surface area (Å²) in [6.45, 7) is 8.77. The largest absolute Gasteiger partial charge is 0.311 e. The first-order chi connectivity index (χ1) is 8.18. The third kappa shape index (κ3) is 3.06. The van der Waals surface area contributed by atoms with Gasteiger partial charge in [0.25, 0.3) is 0 Å². The zero-order valence-corrected chi connectivity index (χ0v) is 11.2. The fourth-order valence-electron chi connectivity index (χ4n) is 2.45. The molecule has 96 valence electrons. The number of rotatable bonds is 5. The molecule has 2 heterocycles. The normalized spacial score (nSPS) is 17.2. The molecule has 1 aromatic heterocycles. The number of nitrogens with zero attached hydrogens (tertiary/aromatic N) is 3. The molecule has 1 aliphatic heterocycles. The van der Waals surface area contributed by atoms with Crippen molar-refractivity contribution in [3.05, 3.63) is 11.4 Å². The van der Waals surface area contributed by atoms with Crippen LogP contribution in [0.4, 0.5) is 0 Å². The summed E-state index contributed by atoms with van der Waals surface area (Å²) in [7, 11) is 0. The minimum absolute atomic E-state index is 0.489. The summed E-state index contributed by atoms with van der Waals surface area (Å²) in [6.07, 6.45) is 4.87. The molecular formula is C13H24N4. The highest BCUT2D eigenvalue weighted by Gasteiger charge is 2.19. The molecule has 0 radical (unpaired) electrons.